The van der Waals surface area contributed by atoms with Crippen LogP contribution in [0.3, 0.4) is 0 Å². The lowest BCUT2D eigenvalue weighted by Gasteiger charge is -2.35. The van der Waals surface area contributed by atoms with Crippen LogP contribution < -0.4 is 4.90 Å². The number of amides is 1. The summed E-state index contributed by atoms with van der Waals surface area (Å²) in [6.45, 7) is 4.47. The van der Waals surface area contributed by atoms with Crippen molar-refractivity contribution in [1.82, 2.24) is 25.1 Å². The largest absolute Gasteiger partial charge is 0.415 e. The van der Waals surface area contributed by atoms with Gasteiger partial charge in [0, 0.05) is 38.7 Å². The lowest BCUT2D eigenvalue weighted by atomic mass is 10.2. The fraction of sp³-hybridized carbons (Fsp3) is 0.208. The molecule has 2 aromatic heterocycles. The quantitative estimate of drug-likeness (QED) is 0.490. The molecule has 0 unspecified atom stereocenters. The Morgan fingerprint density at radius 1 is 0.906 bits per heavy atom. The number of rotatable bonds is 4. The van der Waals surface area contributed by atoms with E-state index in [1.54, 1.807) is 6.20 Å². The zero-order valence-electron chi connectivity index (χ0n) is 17.7. The van der Waals surface area contributed by atoms with Gasteiger partial charge in [-0.3, -0.25) is 9.78 Å². The average Bonchev–Trinajstić information content (AvgIpc) is 3.35. The van der Waals surface area contributed by atoms with Crippen molar-refractivity contribution in [3.05, 3.63) is 78.1 Å². The summed E-state index contributed by atoms with van der Waals surface area (Å²) in [5, 5.41) is 8.35. The summed E-state index contributed by atoms with van der Waals surface area (Å²) in [4.78, 5) is 26.0. The Morgan fingerprint density at radius 2 is 1.56 bits per heavy atom. The average molecular weight is 428 g/mol. The number of benzene rings is 2. The zero-order valence-corrected chi connectivity index (χ0v) is 17.7. The summed E-state index contributed by atoms with van der Waals surface area (Å²) in [6.07, 6.45) is 1.75. The smallest absolute Gasteiger partial charge is 0.268 e. The van der Waals surface area contributed by atoms with Gasteiger partial charge < -0.3 is 14.2 Å². The van der Waals surface area contributed by atoms with E-state index in [0.717, 1.165) is 17.1 Å². The minimum atomic E-state index is 0. The fourth-order valence-electron chi connectivity index (χ4n) is 3.71. The van der Waals surface area contributed by atoms with Crippen LogP contribution in [0.1, 0.15) is 17.5 Å². The van der Waals surface area contributed by atoms with Gasteiger partial charge in [-0.2, -0.15) is 0 Å². The standard InChI is InChI=1S/C24H22N6O2.H2/c1-17-21(23-28-27-22(32-23)18-8-4-2-5-9-18)26-20(16-25-17)29-12-14-30(15-13-29)24(31)19-10-6-3-7-11-19;/h2-11,16H,12-15H2,1H3;1H. The maximum Gasteiger partial charge on any atom is 0.268 e. The van der Waals surface area contributed by atoms with E-state index in [9.17, 15) is 4.79 Å². The molecule has 162 valence electrons. The lowest BCUT2D eigenvalue weighted by molar-refractivity contribution is 0.0746. The zero-order chi connectivity index (χ0) is 21.9. The third-order valence-electron chi connectivity index (χ3n) is 5.50. The van der Waals surface area contributed by atoms with Crippen LogP contribution in [0.5, 0.6) is 0 Å². The van der Waals surface area contributed by atoms with E-state index < -0.39 is 0 Å². The Morgan fingerprint density at radius 3 is 2.28 bits per heavy atom. The maximum absolute atomic E-state index is 12.7. The highest BCUT2D eigenvalue weighted by Gasteiger charge is 2.24. The van der Waals surface area contributed by atoms with E-state index in [4.69, 9.17) is 9.40 Å². The van der Waals surface area contributed by atoms with Crippen LogP contribution in [0.25, 0.3) is 23.0 Å². The Balaban J connectivity index is 0.00000259. The highest BCUT2D eigenvalue weighted by molar-refractivity contribution is 5.94. The predicted octanol–water partition coefficient (Wildman–Crippen LogP) is 3.71. The molecule has 0 spiro atoms. The number of hydrogen-bond donors (Lipinski definition) is 0. The van der Waals surface area contributed by atoms with Gasteiger partial charge in [0.05, 0.1) is 11.9 Å². The molecule has 0 radical (unpaired) electrons. The van der Waals surface area contributed by atoms with Crippen molar-refractivity contribution < 1.29 is 10.6 Å². The van der Waals surface area contributed by atoms with E-state index in [2.05, 4.69) is 20.1 Å². The van der Waals surface area contributed by atoms with Crippen molar-refractivity contribution in [2.45, 2.75) is 6.92 Å². The third kappa shape index (κ3) is 3.94. The molecule has 32 heavy (non-hydrogen) atoms. The van der Waals surface area contributed by atoms with E-state index in [1.165, 1.54) is 0 Å². The van der Waals surface area contributed by atoms with Crippen LogP contribution in [0.2, 0.25) is 0 Å². The second-order valence-electron chi connectivity index (χ2n) is 7.59. The first-order valence-corrected chi connectivity index (χ1v) is 10.5. The highest BCUT2D eigenvalue weighted by atomic mass is 16.4. The minimum Gasteiger partial charge on any atom is -0.415 e. The summed E-state index contributed by atoms with van der Waals surface area (Å²) < 4.78 is 5.88. The molecule has 0 atom stereocenters. The monoisotopic (exact) mass is 428 g/mol. The number of piperazine rings is 1. The van der Waals surface area contributed by atoms with Gasteiger partial charge in [-0.05, 0) is 31.2 Å². The van der Waals surface area contributed by atoms with Gasteiger partial charge in [0.1, 0.15) is 5.82 Å². The summed E-state index contributed by atoms with van der Waals surface area (Å²) in [6, 6.07) is 19.0. The van der Waals surface area contributed by atoms with Crippen LogP contribution in [-0.4, -0.2) is 57.2 Å². The number of nitrogens with zero attached hydrogens (tertiary/aromatic N) is 6. The molecule has 3 heterocycles. The number of aromatic nitrogens is 4. The Hall–Kier alpha value is -4.07. The Labute approximate surface area is 187 Å². The molecule has 1 aliphatic heterocycles. The van der Waals surface area contributed by atoms with E-state index in [1.807, 2.05) is 72.5 Å². The molecule has 1 fully saturated rings. The first-order chi connectivity index (χ1) is 15.7. The van der Waals surface area contributed by atoms with E-state index in [-0.39, 0.29) is 7.33 Å². The minimum absolute atomic E-state index is 0. The number of carbonyl (C=O) groups is 1. The van der Waals surface area contributed by atoms with Crippen LogP contribution in [0, 0.1) is 6.92 Å². The lowest BCUT2D eigenvalue weighted by Crippen LogP contribution is -2.49. The summed E-state index contributed by atoms with van der Waals surface area (Å²) in [5.74, 6) is 1.57. The Kier molecular flexibility index (Phi) is 5.33. The first kappa shape index (κ1) is 19.9. The van der Waals surface area contributed by atoms with E-state index >= 15 is 0 Å². The summed E-state index contributed by atoms with van der Waals surface area (Å²) in [7, 11) is 0. The molecule has 8 heteroatoms. The SMILES string of the molecule is Cc1ncc(N2CCN(C(=O)c3ccccc3)CC2)nc1-c1nnc(-c2ccccc2)o1.[HH]. The van der Waals surface area contributed by atoms with Gasteiger partial charge in [0.25, 0.3) is 11.8 Å². The number of aryl methyl sites for hydroxylation is 1. The van der Waals surface area contributed by atoms with Gasteiger partial charge in [0.15, 0.2) is 5.69 Å². The highest BCUT2D eigenvalue weighted by Crippen LogP contribution is 2.26. The molecule has 1 amide bonds. The molecule has 4 aromatic rings. The first-order valence-electron chi connectivity index (χ1n) is 10.5. The fourth-order valence-corrected chi connectivity index (χ4v) is 3.71. The van der Waals surface area contributed by atoms with Gasteiger partial charge in [-0.15, -0.1) is 10.2 Å². The van der Waals surface area contributed by atoms with Gasteiger partial charge in [0.2, 0.25) is 5.89 Å². The van der Waals surface area contributed by atoms with Crippen LogP contribution >= 0.6 is 0 Å². The third-order valence-corrected chi connectivity index (χ3v) is 5.50. The molecule has 5 rings (SSSR count). The van der Waals surface area contributed by atoms with Crippen LogP contribution in [-0.2, 0) is 0 Å². The summed E-state index contributed by atoms with van der Waals surface area (Å²) >= 11 is 0. The normalized spacial score (nSPS) is 13.9. The topological polar surface area (TPSA) is 88.3 Å². The van der Waals surface area contributed by atoms with Crippen molar-refractivity contribution in [1.29, 1.82) is 0 Å². The van der Waals surface area contributed by atoms with Crippen LogP contribution in [0.15, 0.2) is 71.3 Å². The van der Waals surface area contributed by atoms with Gasteiger partial charge in [-0.1, -0.05) is 36.4 Å². The molecule has 1 aliphatic rings. The molecule has 0 N–H and O–H groups in total. The van der Waals surface area contributed by atoms with Crippen molar-refractivity contribution in [2.24, 2.45) is 0 Å². The second kappa shape index (κ2) is 8.58. The second-order valence-corrected chi connectivity index (χ2v) is 7.59. The van der Waals surface area contributed by atoms with Gasteiger partial charge >= 0.3 is 0 Å². The predicted molar refractivity (Wildman–Crippen MR) is 122 cm³/mol. The molecule has 0 aliphatic carbocycles. The summed E-state index contributed by atoms with van der Waals surface area (Å²) in [5.41, 5.74) is 2.85. The molecular formula is C24H24N6O2. The molecule has 2 aromatic carbocycles. The van der Waals surface area contributed by atoms with Gasteiger partial charge in [-0.25, -0.2) is 4.98 Å². The Bertz CT molecular complexity index is 1220. The molecular weight excluding hydrogens is 404 g/mol. The number of carbonyl (C=O) groups excluding carboxylic acids is 1. The number of anilines is 1. The van der Waals surface area contributed by atoms with Crippen molar-refractivity contribution >= 4 is 11.7 Å². The maximum atomic E-state index is 12.7. The van der Waals surface area contributed by atoms with Crippen molar-refractivity contribution in [3.8, 4) is 23.0 Å². The van der Waals surface area contributed by atoms with Crippen LogP contribution in [0.4, 0.5) is 5.82 Å². The van der Waals surface area contributed by atoms with Crippen molar-refractivity contribution in [2.75, 3.05) is 31.1 Å². The molecule has 0 bridgehead atoms. The molecule has 1 saturated heterocycles. The van der Waals surface area contributed by atoms with Crippen molar-refractivity contribution in [3.63, 3.8) is 0 Å². The molecule has 0 saturated carbocycles. The molecule has 8 nitrogen and oxygen atoms in total. The number of hydrogen-bond acceptors (Lipinski definition) is 7. The van der Waals surface area contributed by atoms with E-state index in [0.29, 0.717) is 49.2 Å².